The molecule has 2 aromatic heterocycles. The largest absolute Gasteiger partial charge is 0.468 e. The number of aromatic nitrogens is 2. The SMILES string of the molecule is COC(=O)[C@@H](C)NP(=O)(CC1OC(n2cc3cc(CO)oc3nc2=O)C[C@H]1O)Oc1ccccc1. The van der Waals surface area contributed by atoms with Crippen molar-refractivity contribution in [3.63, 3.8) is 0 Å². The number of rotatable bonds is 9. The number of esters is 1. The normalized spacial score (nSPS) is 22.6. The summed E-state index contributed by atoms with van der Waals surface area (Å²) in [5, 5.41) is 23.1. The van der Waals surface area contributed by atoms with Crippen LogP contribution >= 0.6 is 7.52 Å². The molecule has 3 heterocycles. The number of ether oxygens (including phenoxy) is 2. The predicted octanol–water partition coefficient (Wildman–Crippen LogP) is 1.55. The van der Waals surface area contributed by atoms with E-state index in [0.717, 1.165) is 0 Å². The summed E-state index contributed by atoms with van der Waals surface area (Å²) in [7, 11) is -2.59. The lowest BCUT2D eigenvalue weighted by atomic mass is 10.2. The number of para-hydroxylation sites is 1. The second kappa shape index (κ2) is 10.3. The number of nitrogens with one attached hydrogen (secondary N) is 1. The number of carbonyl (C=O) groups excluding carboxylic acids is 1. The molecule has 5 atom stereocenters. The minimum atomic E-state index is -3.80. The van der Waals surface area contributed by atoms with Gasteiger partial charge in [0, 0.05) is 12.6 Å². The lowest BCUT2D eigenvalue weighted by molar-refractivity contribution is -0.142. The van der Waals surface area contributed by atoms with Gasteiger partial charge in [0.25, 0.3) is 0 Å². The zero-order chi connectivity index (χ0) is 25.2. The van der Waals surface area contributed by atoms with Crippen molar-refractivity contribution in [1.29, 1.82) is 0 Å². The number of methoxy groups -OCH3 is 1. The fourth-order valence-electron chi connectivity index (χ4n) is 3.84. The molecule has 0 aliphatic carbocycles. The summed E-state index contributed by atoms with van der Waals surface area (Å²) >= 11 is 0. The van der Waals surface area contributed by atoms with Gasteiger partial charge in [-0.05, 0) is 25.1 Å². The first-order valence-corrected chi connectivity index (χ1v) is 12.7. The molecule has 188 valence electrons. The van der Waals surface area contributed by atoms with Gasteiger partial charge in [0.2, 0.25) is 5.71 Å². The molecule has 1 aliphatic heterocycles. The van der Waals surface area contributed by atoms with E-state index in [0.29, 0.717) is 11.1 Å². The van der Waals surface area contributed by atoms with Crippen LogP contribution in [-0.4, -0.2) is 57.3 Å². The molecule has 1 fully saturated rings. The fraction of sp³-hybridized carbons (Fsp3) is 0.409. The molecular weight excluding hydrogens is 481 g/mol. The highest BCUT2D eigenvalue weighted by molar-refractivity contribution is 7.57. The second-order valence-electron chi connectivity index (χ2n) is 8.13. The van der Waals surface area contributed by atoms with Gasteiger partial charge in [-0.1, -0.05) is 18.2 Å². The molecule has 4 rings (SSSR count). The molecule has 0 spiro atoms. The quantitative estimate of drug-likeness (QED) is 0.284. The number of benzene rings is 1. The molecule has 0 bridgehead atoms. The van der Waals surface area contributed by atoms with E-state index < -0.39 is 43.7 Å². The summed E-state index contributed by atoms with van der Waals surface area (Å²) in [6.07, 6.45) is -1.75. The molecule has 1 aliphatic rings. The third kappa shape index (κ3) is 5.63. The zero-order valence-corrected chi connectivity index (χ0v) is 20.0. The van der Waals surface area contributed by atoms with Gasteiger partial charge in [-0.2, -0.15) is 4.98 Å². The number of furan rings is 1. The van der Waals surface area contributed by atoms with E-state index in [2.05, 4.69) is 10.1 Å². The van der Waals surface area contributed by atoms with Crippen LogP contribution in [0.4, 0.5) is 0 Å². The number of fused-ring (bicyclic) bond motifs is 1. The maximum Gasteiger partial charge on any atom is 0.353 e. The molecule has 3 N–H and O–H groups in total. The van der Waals surface area contributed by atoms with E-state index in [1.54, 1.807) is 36.4 Å². The molecule has 0 amide bonds. The first-order valence-electron chi connectivity index (χ1n) is 10.9. The highest BCUT2D eigenvalue weighted by atomic mass is 31.2. The smallest absolute Gasteiger partial charge is 0.353 e. The number of nitrogens with zero attached hydrogens (tertiary/aromatic N) is 2. The van der Waals surface area contributed by atoms with Crippen molar-refractivity contribution >= 4 is 24.6 Å². The Morgan fingerprint density at radius 1 is 1.37 bits per heavy atom. The first kappa shape index (κ1) is 25.1. The van der Waals surface area contributed by atoms with E-state index in [1.165, 1.54) is 24.8 Å². The summed E-state index contributed by atoms with van der Waals surface area (Å²) < 4.78 is 36.6. The number of aliphatic hydroxyl groups excluding tert-OH is 2. The van der Waals surface area contributed by atoms with Crippen molar-refractivity contribution in [2.75, 3.05) is 13.3 Å². The Hall–Kier alpha value is -3.02. The van der Waals surface area contributed by atoms with E-state index in [4.69, 9.17) is 18.4 Å². The Morgan fingerprint density at radius 3 is 2.80 bits per heavy atom. The summed E-state index contributed by atoms with van der Waals surface area (Å²) in [5.74, 6) is -0.0874. The molecule has 0 radical (unpaired) electrons. The Kier molecular flexibility index (Phi) is 7.39. The standard InChI is InChI=1S/C22H26N3O9P/c1-13(21(28)31-2)24-35(30,34-15-6-4-3-5-7-15)12-18-17(27)9-19(33-18)25-10-14-8-16(11-26)32-20(14)23-22(25)29/h3-8,10,13,17-19,26-27H,9,11-12H2,1-2H3,(H,24,30)/t13-,17-,18?,19?,35?/m1/s1. The monoisotopic (exact) mass is 507 g/mol. The van der Waals surface area contributed by atoms with Crippen LogP contribution in [0.3, 0.4) is 0 Å². The molecule has 12 nitrogen and oxygen atoms in total. The number of hydrogen-bond acceptors (Lipinski definition) is 10. The molecule has 1 saturated heterocycles. The Labute approximate surface area is 199 Å². The molecular formula is C22H26N3O9P. The van der Waals surface area contributed by atoms with Crippen molar-refractivity contribution in [2.24, 2.45) is 0 Å². The molecule has 35 heavy (non-hydrogen) atoms. The van der Waals surface area contributed by atoms with Gasteiger partial charge in [-0.25, -0.2) is 9.88 Å². The zero-order valence-electron chi connectivity index (χ0n) is 19.1. The van der Waals surface area contributed by atoms with Crippen molar-refractivity contribution in [3.05, 3.63) is 58.8 Å². The number of hydrogen-bond donors (Lipinski definition) is 3. The summed E-state index contributed by atoms with van der Waals surface area (Å²) in [5.41, 5.74) is -0.595. The second-order valence-corrected chi connectivity index (χ2v) is 10.3. The molecule has 1 aromatic carbocycles. The minimum absolute atomic E-state index is 0.0281. The van der Waals surface area contributed by atoms with Crippen LogP contribution in [0.5, 0.6) is 5.75 Å². The topological polar surface area (TPSA) is 162 Å². The Morgan fingerprint density at radius 2 is 2.11 bits per heavy atom. The molecule has 0 saturated carbocycles. The number of carbonyl (C=O) groups is 1. The van der Waals surface area contributed by atoms with E-state index in [1.807, 2.05) is 0 Å². The van der Waals surface area contributed by atoms with Crippen LogP contribution < -0.4 is 15.3 Å². The average molecular weight is 507 g/mol. The van der Waals surface area contributed by atoms with E-state index in [-0.39, 0.29) is 30.7 Å². The van der Waals surface area contributed by atoms with Gasteiger partial charge in [-0.15, -0.1) is 0 Å². The summed E-state index contributed by atoms with van der Waals surface area (Å²) in [6, 6.07) is 8.97. The van der Waals surface area contributed by atoms with Crippen LogP contribution in [0.25, 0.3) is 11.1 Å². The lowest BCUT2D eigenvalue weighted by Gasteiger charge is -2.26. The predicted molar refractivity (Wildman–Crippen MR) is 123 cm³/mol. The van der Waals surface area contributed by atoms with Crippen LogP contribution in [0.2, 0.25) is 0 Å². The third-order valence-corrected chi connectivity index (χ3v) is 7.65. The highest BCUT2D eigenvalue weighted by Gasteiger charge is 2.42. The highest BCUT2D eigenvalue weighted by Crippen LogP contribution is 2.47. The molecule has 3 unspecified atom stereocenters. The summed E-state index contributed by atoms with van der Waals surface area (Å²) in [6.45, 7) is 1.13. The van der Waals surface area contributed by atoms with E-state index >= 15 is 0 Å². The van der Waals surface area contributed by atoms with Crippen molar-refractivity contribution in [3.8, 4) is 5.75 Å². The maximum atomic E-state index is 13.8. The van der Waals surface area contributed by atoms with Gasteiger partial charge < -0.3 is 28.6 Å². The van der Waals surface area contributed by atoms with Crippen LogP contribution in [0, 0.1) is 0 Å². The van der Waals surface area contributed by atoms with Gasteiger partial charge >= 0.3 is 19.2 Å². The van der Waals surface area contributed by atoms with Gasteiger partial charge in [0.05, 0.1) is 30.9 Å². The third-order valence-electron chi connectivity index (χ3n) is 5.52. The van der Waals surface area contributed by atoms with Gasteiger partial charge in [0.1, 0.15) is 30.4 Å². The number of aliphatic hydroxyl groups is 2. The van der Waals surface area contributed by atoms with Crippen molar-refractivity contribution < 1.29 is 38.0 Å². The Bertz CT molecular complexity index is 1290. The lowest BCUT2D eigenvalue weighted by Crippen LogP contribution is -2.37. The van der Waals surface area contributed by atoms with E-state index in [9.17, 15) is 24.4 Å². The first-order chi connectivity index (χ1) is 16.7. The van der Waals surface area contributed by atoms with Crippen molar-refractivity contribution in [1.82, 2.24) is 14.6 Å². The fourth-order valence-corrected chi connectivity index (χ4v) is 6.03. The molecule has 3 aromatic rings. The Balaban J connectivity index is 1.56. The minimum Gasteiger partial charge on any atom is -0.468 e. The van der Waals surface area contributed by atoms with Gasteiger partial charge in [0.15, 0.2) is 0 Å². The van der Waals surface area contributed by atoms with Crippen LogP contribution in [0.15, 0.2) is 51.8 Å². The van der Waals surface area contributed by atoms with Gasteiger partial charge in [-0.3, -0.25) is 13.9 Å². The van der Waals surface area contributed by atoms with Crippen LogP contribution in [-0.2, 0) is 25.4 Å². The summed E-state index contributed by atoms with van der Waals surface area (Å²) in [4.78, 5) is 28.3. The maximum absolute atomic E-state index is 13.8. The molecule has 13 heteroatoms. The average Bonchev–Trinajstić information content (AvgIpc) is 3.40. The van der Waals surface area contributed by atoms with Crippen molar-refractivity contribution in [2.45, 2.75) is 44.4 Å². The van der Waals surface area contributed by atoms with Crippen LogP contribution in [0.1, 0.15) is 25.3 Å².